The maximum absolute atomic E-state index is 13.5. The van der Waals surface area contributed by atoms with Crippen molar-refractivity contribution in [2.45, 2.75) is 33.4 Å². The fourth-order valence-electron chi connectivity index (χ4n) is 3.21. The van der Waals surface area contributed by atoms with Gasteiger partial charge in [-0.25, -0.2) is 8.42 Å². The Kier molecular flexibility index (Phi) is 9.76. The summed E-state index contributed by atoms with van der Waals surface area (Å²) in [5.41, 5.74) is 0.961. The second-order valence-corrected chi connectivity index (χ2v) is 10.7. The van der Waals surface area contributed by atoms with Crippen molar-refractivity contribution in [1.82, 2.24) is 10.2 Å². The molecule has 0 bridgehead atoms. The van der Waals surface area contributed by atoms with Gasteiger partial charge in [0.2, 0.25) is 21.8 Å². The van der Waals surface area contributed by atoms with Gasteiger partial charge in [0, 0.05) is 18.1 Å². The fraction of sp³-hybridized carbons (Fsp3) is 0.417. The highest BCUT2D eigenvalue weighted by Crippen LogP contribution is 2.23. The summed E-state index contributed by atoms with van der Waals surface area (Å²) in [6.45, 7) is 5.58. The number of hydrogen-bond donors (Lipinski definition) is 1. The number of halogens is 1. The summed E-state index contributed by atoms with van der Waals surface area (Å²) < 4.78 is 31.3. The number of benzene rings is 2. The number of methoxy groups -OCH3 is 1. The SMILES string of the molecule is COc1ccc(N(CC(=O)N(Cc2ccccc2Cl)[C@H](C)C(=O)NCC(C)C)S(C)(=O)=O)cc1. The van der Waals surface area contributed by atoms with Crippen LogP contribution in [0.15, 0.2) is 48.5 Å². The molecule has 2 aromatic rings. The Bertz CT molecular complexity index is 1090. The number of anilines is 1. The molecule has 0 radical (unpaired) electrons. The topological polar surface area (TPSA) is 96.0 Å². The Balaban J connectivity index is 2.37. The van der Waals surface area contributed by atoms with Crippen molar-refractivity contribution in [1.29, 1.82) is 0 Å². The Morgan fingerprint density at radius 1 is 1.06 bits per heavy atom. The van der Waals surface area contributed by atoms with E-state index in [-0.39, 0.29) is 18.4 Å². The van der Waals surface area contributed by atoms with Gasteiger partial charge in [-0.1, -0.05) is 43.6 Å². The molecule has 186 valence electrons. The summed E-state index contributed by atoms with van der Waals surface area (Å²) in [5.74, 6) is -0.0724. The van der Waals surface area contributed by atoms with Crippen LogP contribution in [0.5, 0.6) is 5.75 Å². The smallest absolute Gasteiger partial charge is 0.244 e. The number of carbonyl (C=O) groups is 2. The molecule has 0 spiro atoms. The van der Waals surface area contributed by atoms with Crippen LogP contribution in [0.1, 0.15) is 26.3 Å². The minimum absolute atomic E-state index is 0.0506. The molecule has 0 saturated carbocycles. The van der Waals surface area contributed by atoms with E-state index in [0.717, 1.165) is 10.6 Å². The first-order valence-corrected chi connectivity index (χ1v) is 13.1. The third kappa shape index (κ3) is 7.63. The Hall–Kier alpha value is -2.78. The molecule has 0 aromatic heterocycles. The van der Waals surface area contributed by atoms with Gasteiger partial charge in [0.15, 0.2) is 0 Å². The zero-order valence-electron chi connectivity index (χ0n) is 20.1. The van der Waals surface area contributed by atoms with Gasteiger partial charge in [-0.05, 0) is 48.7 Å². The molecule has 10 heteroatoms. The van der Waals surface area contributed by atoms with E-state index in [0.29, 0.717) is 28.6 Å². The number of hydrogen-bond acceptors (Lipinski definition) is 5. The van der Waals surface area contributed by atoms with Gasteiger partial charge >= 0.3 is 0 Å². The lowest BCUT2D eigenvalue weighted by Crippen LogP contribution is -2.51. The molecule has 1 atom stereocenters. The van der Waals surface area contributed by atoms with Crippen LogP contribution in [-0.4, -0.2) is 57.6 Å². The van der Waals surface area contributed by atoms with E-state index in [4.69, 9.17) is 16.3 Å². The van der Waals surface area contributed by atoms with Crippen molar-refractivity contribution in [2.24, 2.45) is 5.92 Å². The highest BCUT2D eigenvalue weighted by atomic mass is 35.5. The first kappa shape index (κ1) is 27.5. The van der Waals surface area contributed by atoms with Gasteiger partial charge in [-0.15, -0.1) is 0 Å². The van der Waals surface area contributed by atoms with Crippen molar-refractivity contribution < 1.29 is 22.7 Å². The molecular formula is C24H32ClN3O5S. The minimum atomic E-state index is -3.80. The molecule has 0 aliphatic rings. The maximum atomic E-state index is 13.5. The first-order chi connectivity index (χ1) is 15.9. The summed E-state index contributed by atoms with van der Waals surface area (Å²) in [7, 11) is -2.29. The first-order valence-electron chi connectivity index (χ1n) is 10.9. The summed E-state index contributed by atoms with van der Waals surface area (Å²) in [5, 5.41) is 3.28. The maximum Gasteiger partial charge on any atom is 0.244 e. The number of rotatable bonds is 11. The Labute approximate surface area is 206 Å². The molecular weight excluding hydrogens is 478 g/mol. The molecule has 1 N–H and O–H groups in total. The molecule has 2 aromatic carbocycles. The van der Waals surface area contributed by atoms with Gasteiger partial charge in [0.1, 0.15) is 18.3 Å². The lowest BCUT2D eigenvalue weighted by atomic mass is 10.1. The summed E-state index contributed by atoms with van der Waals surface area (Å²) in [4.78, 5) is 27.6. The van der Waals surface area contributed by atoms with E-state index in [1.807, 2.05) is 13.8 Å². The third-order valence-electron chi connectivity index (χ3n) is 5.19. The molecule has 8 nitrogen and oxygen atoms in total. The molecule has 0 fully saturated rings. The molecule has 0 aliphatic carbocycles. The van der Waals surface area contributed by atoms with Gasteiger partial charge < -0.3 is 15.0 Å². The van der Waals surface area contributed by atoms with Gasteiger partial charge in [0.05, 0.1) is 19.1 Å². The van der Waals surface area contributed by atoms with Crippen LogP contribution in [0.3, 0.4) is 0 Å². The predicted octanol–water partition coefficient (Wildman–Crippen LogP) is 3.30. The van der Waals surface area contributed by atoms with Crippen LogP contribution >= 0.6 is 11.6 Å². The van der Waals surface area contributed by atoms with Gasteiger partial charge in [0.25, 0.3) is 0 Å². The summed E-state index contributed by atoms with van der Waals surface area (Å²) >= 11 is 6.31. The number of amides is 2. The van der Waals surface area contributed by atoms with Crippen LogP contribution in [0.2, 0.25) is 5.02 Å². The quantitative estimate of drug-likeness (QED) is 0.501. The highest BCUT2D eigenvalue weighted by molar-refractivity contribution is 7.92. The molecule has 2 amide bonds. The molecule has 0 heterocycles. The third-order valence-corrected chi connectivity index (χ3v) is 6.70. The fourth-order valence-corrected chi connectivity index (χ4v) is 4.25. The van der Waals surface area contributed by atoms with Crippen molar-refractivity contribution in [2.75, 3.05) is 30.8 Å². The van der Waals surface area contributed by atoms with E-state index in [1.165, 1.54) is 12.0 Å². The van der Waals surface area contributed by atoms with Crippen LogP contribution < -0.4 is 14.4 Å². The number of ether oxygens (including phenoxy) is 1. The summed E-state index contributed by atoms with van der Waals surface area (Å²) in [6, 6.07) is 12.5. The van der Waals surface area contributed by atoms with Crippen molar-refractivity contribution in [3.8, 4) is 5.75 Å². The standard InChI is InChI=1S/C24H32ClN3O5S/c1-17(2)14-26-24(30)18(3)27(15-19-8-6-7-9-22(19)25)23(29)16-28(34(5,31)32)20-10-12-21(33-4)13-11-20/h6-13,17-18H,14-16H2,1-5H3,(H,26,30)/t18-/m1/s1. The van der Waals surface area contributed by atoms with Gasteiger partial charge in [-0.3, -0.25) is 13.9 Å². The van der Waals surface area contributed by atoms with Crippen LogP contribution in [0.25, 0.3) is 0 Å². The molecule has 0 aliphatic heterocycles. The average Bonchev–Trinajstić information content (AvgIpc) is 2.79. The van der Waals surface area contributed by atoms with E-state index < -0.39 is 28.5 Å². The molecule has 0 unspecified atom stereocenters. The Morgan fingerprint density at radius 3 is 2.21 bits per heavy atom. The predicted molar refractivity (Wildman–Crippen MR) is 134 cm³/mol. The van der Waals surface area contributed by atoms with E-state index in [9.17, 15) is 18.0 Å². The zero-order valence-corrected chi connectivity index (χ0v) is 21.7. The normalized spacial score (nSPS) is 12.2. The average molecular weight is 510 g/mol. The molecule has 0 saturated heterocycles. The van der Waals surface area contributed by atoms with Crippen LogP contribution in [0.4, 0.5) is 5.69 Å². The van der Waals surface area contributed by atoms with Crippen LogP contribution in [-0.2, 0) is 26.2 Å². The van der Waals surface area contributed by atoms with Crippen molar-refractivity contribution in [3.05, 3.63) is 59.1 Å². The number of nitrogens with zero attached hydrogens (tertiary/aromatic N) is 2. The Morgan fingerprint density at radius 2 is 1.68 bits per heavy atom. The van der Waals surface area contributed by atoms with Crippen LogP contribution in [0, 0.1) is 5.92 Å². The lowest BCUT2D eigenvalue weighted by molar-refractivity contribution is -0.139. The van der Waals surface area contributed by atoms with Crippen molar-refractivity contribution in [3.63, 3.8) is 0 Å². The molecule has 34 heavy (non-hydrogen) atoms. The minimum Gasteiger partial charge on any atom is -0.497 e. The number of carbonyl (C=O) groups excluding carboxylic acids is 2. The van der Waals surface area contributed by atoms with Crippen molar-refractivity contribution >= 4 is 39.1 Å². The monoisotopic (exact) mass is 509 g/mol. The number of nitrogens with one attached hydrogen (secondary N) is 1. The van der Waals surface area contributed by atoms with E-state index in [2.05, 4.69) is 5.32 Å². The van der Waals surface area contributed by atoms with E-state index >= 15 is 0 Å². The largest absolute Gasteiger partial charge is 0.497 e. The number of sulfonamides is 1. The second-order valence-electron chi connectivity index (χ2n) is 8.40. The lowest BCUT2D eigenvalue weighted by Gasteiger charge is -2.31. The summed E-state index contributed by atoms with van der Waals surface area (Å²) in [6.07, 6.45) is 1.03. The van der Waals surface area contributed by atoms with Gasteiger partial charge in [-0.2, -0.15) is 0 Å². The highest BCUT2D eigenvalue weighted by Gasteiger charge is 2.30. The molecule has 2 rings (SSSR count). The second kappa shape index (κ2) is 12.1. The van der Waals surface area contributed by atoms with E-state index in [1.54, 1.807) is 55.5 Å². The zero-order chi connectivity index (χ0) is 25.5.